The molecule has 0 unspecified atom stereocenters. The summed E-state index contributed by atoms with van der Waals surface area (Å²) in [5.74, 6) is -0.692. The van der Waals surface area contributed by atoms with E-state index in [2.05, 4.69) is 5.73 Å². The molecule has 0 saturated carbocycles. The number of quaternary nitrogens is 1. The van der Waals surface area contributed by atoms with Crippen molar-refractivity contribution in [2.45, 2.75) is 6.54 Å². The summed E-state index contributed by atoms with van der Waals surface area (Å²) in [6, 6.07) is 7.11. The molecular formula is C9H11NO3. The van der Waals surface area contributed by atoms with Crippen LogP contribution in [0.25, 0.3) is 0 Å². The third kappa shape index (κ3) is 3.13. The number of carboxylic acid groups (broad SMARTS) is 1. The number of aliphatic carboxylic acids is 1. The lowest BCUT2D eigenvalue weighted by Gasteiger charge is -2.06. The summed E-state index contributed by atoms with van der Waals surface area (Å²) in [7, 11) is 0. The van der Waals surface area contributed by atoms with Gasteiger partial charge in [-0.15, -0.1) is 0 Å². The van der Waals surface area contributed by atoms with E-state index in [1.54, 1.807) is 12.1 Å². The number of carboxylic acids is 1. The molecule has 0 aliphatic carbocycles. The molecule has 0 spiro atoms. The van der Waals surface area contributed by atoms with E-state index in [9.17, 15) is 9.90 Å². The topological polar surface area (TPSA) is 77.0 Å². The van der Waals surface area contributed by atoms with Crippen LogP contribution in [0.2, 0.25) is 0 Å². The molecule has 0 bridgehead atoms. The SMILES string of the molecule is [NH3+]Cc1ccc(OCC(=O)[O-])cc1. The summed E-state index contributed by atoms with van der Waals surface area (Å²) in [5.41, 5.74) is 4.80. The minimum Gasteiger partial charge on any atom is -0.546 e. The number of ether oxygens (including phenoxy) is 1. The number of hydrogen-bond donors (Lipinski definition) is 1. The van der Waals surface area contributed by atoms with E-state index in [0.717, 1.165) is 5.56 Å². The van der Waals surface area contributed by atoms with Crippen LogP contribution in [0.15, 0.2) is 24.3 Å². The van der Waals surface area contributed by atoms with E-state index in [1.165, 1.54) is 0 Å². The molecule has 0 aromatic heterocycles. The summed E-state index contributed by atoms with van der Waals surface area (Å²) < 4.78 is 4.88. The highest BCUT2D eigenvalue weighted by Crippen LogP contribution is 2.10. The minimum atomic E-state index is -1.22. The molecule has 0 saturated heterocycles. The van der Waals surface area contributed by atoms with E-state index >= 15 is 0 Å². The van der Waals surface area contributed by atoms with Crippen LogP contribution in [0.4, 0.5) is 0 Å². The predicted octanol–water partition coefficient (Wildman–Crippen LogP) is -1.44. The molecule has 0 aliphatic heterocycles. The highest BCUT2D eigenvalue weighted by molar-refractivity contribution is 5.66. The average molecular weight is 181 g/mol. The van der Waals surface area contributed by atoms with Gasteiger partial charge in [0, 0.05) is 5.56 Å². The van der Waals surface area contributed by atoms with E-state index in [0.29, 0.717) is 12.3 Å². The fraction of sp³-hybridized carbons (Fsp3) is 0.222. The second kappa shape index (κ2) is 4.47. The predicted molar refractivity (Wildman–Crippen MR) is 43.5 cm³/mol. The maximum atomic E-state index is 10.0. The Hall–Kier alpha value is -1.55. The van der Waals surface area contributed by atoms with Gasteiger partial charge in [0.1, 0.15) is 12.4 Å². The Morgan fingerprint density at radius 2 is 2.00 bits per heavy atom. The summed E-state index contributed by atoms with van der Waals surface area (Å²) in [5, 5.41) is 10.0. The summed E-state index contributed by atoms with van der Waals surface area (Å²) in [6.07, 6.45) is 0. The number of hydrogen-bond acceptors (Lipinski definition) is 3. The van der Waals surface area contributed by atoms with Gasteiger partial charge in [0.05, 0.1) is 12.5 Å². The van der Waals surface area contributed by atoms with Crippen molar-refractivity contribution in [2.24, 2.45) is 0 Å². The molecule has 0 heterocycles. The molecule has 1 rings (SSSR count). The molecule has 0 aliphatic rings. The average Bonchev–Trinajstić information content (AvgIpc) is 2.15. The van der Waals surface area contributed by atoms with Gasteiger partial charge in [-0.3, -0.25) is 0 Å². The molecule has 4 heteroatoms. The lowest BCUT2D eigenvalue weighted by Crippen LogP contribution is -2.47. The Labute approximate surface area is 75.9 Å². The van der Waals surface area contributed by atoms with Crippen LogP contribution in [-0.4, -0.2) is 12.6 Å². The van der Waals surface area contributed by atoms with Crippen LogP contribution >= 0.6 is 0 Å². The molecule has 3 N–H and O–H groups in total. The van der Waals surface area contributed by atoms with Gasteiger partial charge in [0.15, 0.2) is 0 Å². The smallest absolute Gasteiger partial charge is 0.128 e. The van der Waals surface area contributed by atoms with Gasteiger partial charge >= 0.3 is 0 Å². The van der Waals surface area contributed by atoms with Crippen molar-refractivity contribution in [1.29, 1.82) is 0 Å². The lowest BCUT2D eigenvalue weighted by molar-refractivity contribution is -0.386. The first kappa shape index (κ1) is 9.54. The Morgan fingerprint density at radius 1 is 1.38 bits per heavy atom. The van der Waals surface area contributed by atoms with E-state index < -0.39 is 12.6 Å². The molecule has 0 radical (unpaired) electrons. The van der Waals surface area contributed by atoms with Gasteiger partial charge in [-0.25, -0.2) is 0 Å². The third-order valence-electron chi connectivity index (χ3n) is 1.57. The lowest BCUT2D eigenvalue weighted by atomic mass is 10.2. The zero-order valence-electron chi connectivity index (χ0n) is 7.16. The molecular weight excluding hydrogens is 170 g/mol. The van der Waals surface area contributed by atoms with Crippen LogP contribution in [0.1, 0.15) is 5.56 Å². The maximum Gasteiger partial charge on any atom is 0.128 e. The van der Waals surface area contributed by atoms with Crippen molar-refractivity contribution in [3.63, 3.8) is 0 Å². The maximum absolute atomic E-state index is 10.0. The van der Waals surface area contributed by atoms with Gasteiger partial charge in [-0.1, -0.05) is 0 Å². The molecule has 0 fully saturated rings. The second-order valence-corrected chi connectivity index (χ2v) is 2.55. The third-order valence-corrected chi connectivity index (χ3v) is 1.57. The number of carbonyl (C=O) groups is 1. The highest BCUT2D eigenvalue weighted by atomic mass is 16.5. The van der Waals surface area contributed by atoms with Crippen LogP contribution in [0, 0.1) is 0 Å². The van der Waals surface area contributed by atoms with Gasteiger partial charge in [0.2, 0.25) is 0 Å². The monoisotopic (exact) mass is 181 g/mol. The Kier molecular flexibility index (Phi) is 3.28. The van der Waals surface area contributed by atoms with Crippen LogP contribution < -0.4 is 15.6 Å². The van der Waals surface area contributed by atoms with Crippen molar-refractivity contribution < 1.29 is 20.4 Å². The van der Waals surface area contributed by atoms with Crippen molar-refractivity contribution in [3.8, 4) is 5.75 Å². The number of benzene rings is 1. The Balaban J connectivity index is 2.54. The minimum absolute atomic E-state index is 0.413. The summed E-state index contributed by atoms with van der Waals surface area (Å²) in [6.45, 7) is 0.296. The molecule has 13 heavy (non-hydrogen) atoms. The molecule has 1 aromatic carbocycles. The van der Waals surface area contributed by atoms with Gasteiger partial charge < -0.3 is 20.4 Å². The first-order chi connectivity index (χ1) is 6.22. The number of carbonyl (C=O) groups excluding carboxylic acids is 1. The molecule has 70 valence electrons. The van der Waals surface area contributed by atoms with E-state index in [1.807, 2.05) is 12.1 Å². The van der Waals surface area contributed by atoms with Gasteiger partial charge in [-0.2, -0.15) is 0 Å². The largest absolute Gasteiger partial charge is 0.546 e. The fourth-order valence-electron chi connectivity index (χ4n) is 0.895. The zero-order chi connectivity index (χ0) is 9.68. The van der Waals surface area contributed by atoms with E-state index in [-0.39, 0.29) is 0 Å². The van der Waals surface area contributed by atoms with Crippen molar-refractivity contribution in [2.75, 3.05) is 6.61 Å². The second-order valence-electron chi connectivity index (χ2n) is 2.55. The van der Waals surface area contributed by atoms with Crippen LogP contribution in [-0.2, 0) is 11.3 Å². The fourth-order valence-corrected chi connectivity index (χ4v) is 0.895. The van der Waals surface area contributed by atoms with Gasteiger partial charge in [-0.05, 0) is 24.3 Å². The number of rotatable bonds is 4. The normalized spacial score (nSPS) is 9.62. The van der Waals surface area contributed by atoms with Crippen molar-refractivity contribution >= 4 is 5.97 Å². The molecule has 0 atom stereocenters. The zero-order valence-corrected chi connectivity index (χ0v) is 7.16. The van der Waals surface area contributed by atoms with Crippen molar-refractivity contribution in [1.82, 2.24) is 0 Å². The molecule has 1 aromatic rings. The summed E-state index contributed by atoms with van der Waals surface area (Å²) >= 11 is 0. The van der Waals surface area contributed by atoms with Crippen LogP contribution in [0.5, 0.6) is 5.75 Å². The first-order valence-corrected chi connectivity index (χ1v) is 3.93. The standard InChI is InChI=1S/C9H11NO3/c10-5-7-1-3-8(4-2-7)13-6-9(11)12/h1-4H,5-6,10H2,(H,11,12). The van der Waals surface area contributed by atoms with E-state index in [4.69, 9.17) is 4.74 Å². The molecule has 4 nitrogen and oxygen atoms in total. The first-order valence-electron chi connectivity index (χ1n) is 3.93. The Bertz CT molecular complexity index is 281. The van der Waals surface area contributed by atoms with Gasteiger partial charge in [0.25, 0.3) is 0 Å². The van der Waals surface area contributed by atoms with Crippen LogP contribution in [0.3, 0.4) is 0 Å². The summed E-state index contributed by atoms with van der Waals surface area (Å²) in [4.78, 5) is 10.0. The molecule has 0 amide bonds. The Morgan fingerprint density at radius 3 is 2.46 bits per heavy atom. The highest BCUT2D eigenvalue weighted by Gasteiger charge is 1.94. The van der Waals surface area contributed by atoms with Crippen molar-refractivity contribution in [3.05, 3.63) is 29.8 Å². The quantitative estimate of drug-likeness (QED) is 0.617.